The monoisotopic (exact) mass is 346 g/mol. The second kappa shape index (κ2) is 10.0. The number of esters is 1. The molecule has 0 aliphatic carbocycles. The molecule has 2 atom stereocenters. The first-order valence-corrected chi connectivity index (χ1v) is 8.92. The molecule has 0 saturated heterocycles. The second-order valence-electron chi connectivity index (χ2n) is 7.28. The lowest BCUT2D eigenvalue weighted by molar-refractivity contribution is -0.166. The summed E-state index contributed by atoms with van der Waals surface area (Å²) in [5.74, 6) is -2.77. The highest BCUT2D eigenvalue weighted by atomic mass is 16.6. The predicted molar refractivity (Wildman–Crippen MR) is 100 cm³/mol. The Balaban J connectivity index is 2.94. The van der Waals surface area contributed by atoms with Crippen LogP contribution in [0.25, 0.3) is 6.08 Å². The third kappa shape index (κ3) is 8.01. The van der Waals surface area contributed by atoms with Crippen molar-refractivity contribution in [3.8, 4) is 0 Å². The summed E-state index contributed by atoms with van der Waals surface area (Å²) in [6.07, 6.45) is 6.28. The molecule has 4 nitrogen and oxygen atoms in total. The first-order chi connectivity index (χ1) is 11.7. The molecule has 0 amide bonds. The summed E-state index contributed by atoms with van der Waals surface area (Å²) in [6.45, 7) is 7.40. The molecule has 0 aliphatic rings. The van der Waals surface area contributed by atoms with Crippen molar-refractivity contribution < 1.29 is 19.4 Å². The molecular formula is C21H30O4. The molecule has 0 bridgehead atoms. The van der Waals surface area contributed by atoms with Gasteiger partial charge in [-0.15, -0.1) is 0 Å². The Bertz CT molecular complexity index is 569. The zero-order chi connectivity index (χ0) is 18.9. The van der Waals surface area contributed by atoms with Crippen molar-refractivity contribution in [1.29, 1.82) is 0 Å². The summed E-state index contributed by atoms with van der Waals surface area (Å²) in [7, 11) is 0. The molecule has 0 saturated carbocycles. The smallest absolute Gasteiger partial charge is 0.310 e. The number of unbranched alkanes of at least 4 members (excludes halogenated alkanes) is 1. The van der Waals surface area contributed by atoms with Crippen LogP contribution in [0.5, 0.6) is 0 Å². The zero-order valence-corrected chi connectivity index (χ0v) is 15.7. The molecule has 0 spiro atoms. The maximum absolute atomic E-state index is 12.6. The molecule has 1 aromatic rings. The van der Waals surface area contributed by atoms with Crippen LogP contribution in [0.1, 0.15) is 58.9 Å². The van der Waals surface area contributed by atoms with Gasteiger partial charge < -0.3 is 9.84 Å². The summed E-state index contributed by atoms with van der Waals surface area (Å²) in [4.78, 5) is 24.3. The fourth-order valence-electron chi connectivity index (χ4n) is 2.64. The molecular weight excluding hydrogens is 316 g/mol. The topological polar surface area (TPSA) is 63.6 Å². The Kier molecular flexibility index (Phi) is 8.39. The fraction of sp³-hybridized carbons (Fsp3) is 0.524. The number of carboxylic acids is 1. The van der Waals surface area contributed by atoms with Crippen molar-refractivity contribution in [3.05, 3.63) is 42.0 Å². The minimum absolute atomic E-state index is 0.352. The zero-order valence-electron chi connectivity index (χ0n) is 15.7. The summed E-state index contributed by atoms with van der Waals surface area (Å²) in [5, 5.41) is 9.60. The number of ether oxygens (including phenoxy) is 1. The highest BCUT2D eigenvalue weighted by Gasteiger charge is 2.35. The van der Waals surface area contributed by atoms with E-state index in [1.165, 1.54) is 0 Å². The van der Waals surface area contributed by atoms with Gasteiger partial charge in [0.15, 0.2) is 0 Å². The van der Waals surface area contributed by atoms with E-state index >= 15 is 0 Å². The number of benzene rings is 1. The molecule has 0 radical (unpaired) electrons. The van der Waals surface area contributed by atoms with Crippen molar-refractivity contribution in [3.63, 3.8) is 0 Å². The van der Waals surface area contributed by atoms with Crippen molar-refractivity contribution in [1.82, 2.24) is 0 Å². The van der Waals surface area contributed by atoms with Gasteiger partial charge in [0.1, 0.15) is 5.60 Å². The predicted octanol–water partition coefficient (Wildman–Crippen LogP) is 4.94. The van der Waals surface area contributed by atoms with E-state index in [-0.39, 0.29) is 0 Å². The highest BCUT2D eigenvalue weighted by molar-refractivity contribution is 5.81. The molecule has 25 heavy (non-hydrogen) atoms. The molecule has 4 heteroatoms. The molecule has 0 aromatic heterocycles. The van der Waals surface area contributed by atoms with Gasteiger partial charge >= 0.3 is 11.9 Å². The molecule has 1 aromatic carbocycles. The number of carboxylic acid groups (broad SMARTS) is 1. The average molecular weight is 346 g/mol. The van der Waals surface area contributed by atoms with Crippen LogP contribution < -0.4 is 0 Å². The fourth-order valence-corrected chi connectivity index (χ4v) is 2.64. The van der Waals surface area contributed by atoms with Crippen LogP contribution in [-0.4, -0.2) is 22.6 Å². The van der Waals surface area contributed by atoms with E-state index in [0.29, 0.717) is 12.8 Å². The minimum atomic E-state index is -0.933. The van der Waals surface area contributed by atoms with Crippen LogP contribution in [-0.2, 0) is 14.3 Å². The van der Waals surface area contributed by atoms with Gasteiger partial charge in [0, 0.05) is 0 Å². The van der Waals surface area contributed by atoms with Gasteiger partial charge in [-0.05, 0) is 39.2 Å². The van der Waals surface area contributed by atoms with Gasteiger partial charge in [-0.1, -0.05) is 62.2 Å². The van der Waals surface area contributed by atoms with E-state index < -0.39 is 29.4 Å². The van der Waals surface area contributed by atoms with Gasteiger partial charge in [0.25, 0.3) is 0 Å². The Morgan fingerprint density at radius 3 is 2.32 bits per heavy atom. The Morgan fingerprint density at radius 1 is 1.16 bits per heavy atom. The summed E-state index contributed by atoms with van der Waals surface area (Å²) in [5.41, 5.74) is 0.387. The molecule has 1 rings (SSSR count). The lowest BCUT2D eigenvalue weighted by Gasteiger charge is -2.26. The number of carbonyl (C=O) groups excluding carboxylic acids is 1. The maximum atomic E-state index is 12.6. The lowest BCUT2D eigenvalue weighted by atomic mass is 9.85. The normalized spacial score (nSPS) is 14.2. The van der Waals surface area contributed by atoms with Gasteiger partial charge in [-0.25, -0.2) is 0 Å². The Labute approximate surface area is 150 Å². The lowest BCUT2D eigenvalue weighted by Crippen LogP contribution is -2.35. The van der Waals surface area contributed by atoms with Crippen LogP contribution in [0, 0.1) is 11.8 Å². The highest BCUT2D eigenvalue weighted by Crippen LogP contribution is 2.26. The van der Waals surface area contributed by atoms with E-state index in [9.17, 15) is 14.7 Å². The largest absolute Gasteiger partial charge is 0.481 e. The first kappa shape index (κ1) is 20.9. The van der Waals surface area contributed by atoms with Gasteiger partial charge in [0.05, 0.1) is 11.8 Å². The maximum Gasteiger partial charge on any atom is 0.310 e. The SMILES string of the molecule is CCCC[C@@H](C(=O)O)C(CC=Cc1ccccc1)C(=O)OC(C)(C)C. The molecule has 0 heterocycles. The summed E-state index contributed by atoms with van der Waals surface area (Å²) >= 11 is 0. The molecule has 0 fully saturated rings. The van der Waals surface area contributed by atoms with Crippen LogP contribution in [0.3, 0.4) is 0 Å². The van der Waals surface area contributed by atoms with Crippen molar-refractivity contribution in [2.75, 3.05) is 0 Å². The van der Waals surface area contributed by atoms with E-state index in [2.05, 4.69) is 0 Å². The van der Waals surface area contributed by atoms with Crippen molar-refractivity contribution in [2.24, 2.45) is 11.8 Å². The number of hydrogen-bond acceptors (Lipinski definition) is 3. The van der Waals surface area contributed by atoms with Gasteiger partial charge in [-0.3, -0.25) is 9.59 Å². The third-order valence-corrected chi connectivity index (χ3v) is 3.88. The van der Waals surface area contributed by atoms with Crippen molar-refractivity contribution in [2.45, 2.75) is 59.0 Å². The average Bonchev–Trinajstić information content (AvgIpc) is 2.52. The quantitative estimate of drug-likeness (QED) is 0.643. The summed E-state index contributed by atoms with van der Waals surface area (Å²) < 4.78 is 5.48. The van der Waals surface area contributed by atoms with Crippen LogP contribution >= 0.6 is 0 Å². The number of carbonyl (C=O) groups is 2. The van der Waals surface area contributed by atoms with Crippen molar-refractivity contribution >= 4 is 18.0 Å². The first-order valence-electron chi connectivity index (χ1n) is 8.92. The van der Waals surface area contributed by atoms with Gasteiger partial charge in [0.2, 0.25) is 0 Å². The number of rotatable bonds is 9. The molecule has 1 unspecified atom stereocenters. The van der Waals surface area contributed by atoms with E-state index in [4.69, 9.17) is 4.74 Å². The van der Waals surface area contributed by atoms with E-state index in [1.54, 1.807) is 20.8 Å². The third-order valence-electron chi connectivity index (χ3n) is 3.88. The standard InChI is InChI=1S/C21H30O4/c1-5-6-14-17(19(22)23)18(20(24)25-21(2,3)4)15-10-13-16-11-8-7-9-12-16/h7-13,17-18H,5-6,14-15H2,1-4H3,(H,22,23)/t17-,18?/m1/s1. The minimum Gasteiger partial charge on any atom is -0.481 e. The molecule has 138 valence electrons. The Morgan fingerprint density at radius 2 is 1.80 bits per heavy atom. The van der Waals surface area contributed by atoms with Crippen LogP contribution in [0.15, 0.2) is 36.4 Å². The second-order valence-corrected chi connectivity index (χ2v) is 7.28. The molecule has 1 N–H and O–H groups in total. The summed E-state index contributed by atoms with van der Waals surface area (Å²) in [6, 6.07) is 9.74. The van der Waals surface area contributed by atoms with E-state index in [0.717, 1.165) is 18.4 Å². The number of aliphatic carboxylic acids is 1. The van der Waals surface area contributed by atoms with Gasteiger partial charge in [-0.2, -0.15) is 0 Å². The Hall–Kier alpha value is -2.10. The van der Waals surface area contributed by atoms with E-state index in [1.807, 2.05) is 49.4 Å². The number of allylic oxidation sites excluding steroid dienone is 1. The number of hydrogen-bond donors (Lipinski definition) is 1. The molecule has 0 aliphatic heterocycles. The van der Waals surface area contributed by atoms with Crippen LogP contribution in [0.2, 0.25) is 0 Å². The van der Waals surface area contributed by atoms with Crippen LogP contribution in [0.4, 0.5) is 0 Å².